The van der Waals surface area contributed by atoms with Gasteiger partial charge in [0.2, 0.25) is 0 Å². The monoisotopic (exact) mass is 256 g/mol. The zero-order valence-corrected chi connectivity index (χ0v) is 12.5. The maximum Gasteiger partial charge on any atom is 0.0623 e. The minimum absolute atomic E-state index is 0.545. The van der Waals surface area contributed by atoms with Gasteiger partial charge >= 0.3 is 0 Å². The predicted molar refractivity (Wildman–Crippen MR) is 77.9 cm³/mol. The van der Waals surface area contributed by atoms with E-state index < -0.39 is 0 Å². The van der Waals surface area contributed by atoms with Crippen molar-refractivity contribution in [2.45, 2.75) is 52.0 Å². The fourth-order valence-electron chi connectivity index (χ4n) is 2.56. The van der Waals surface area contributed by atoms with E-state index in [0.29, 0.717) is 12.0 Å². The van der Waals surface area contributed by atoms with E-state index in [1.165, 1.54) is 32.1 Å². The molecule has 0 saturated carbocycles. The first-order valence-electron chi connectivity index (χ1n) is 7.69. The lowest BCUT2D eigenvalue weighted by Crippen LogP contribution is -2.38. The lowest BCUT2D eigenvalue weighted by atomic mass is 10.0. The van der Waals surface area contributed by atoms with Crippen LogP contribution in [0.3, 0.4) is 0 Å². The van der Waals surface area contributed by atoms with E-state index in [2.05, 4.69) is 24.5 Å². The molecule has 2 atom stereocenters. The Labute approximate surface area is 113 Å². The van der Waals surface area contributed by atoms with Crippen molar-refractivity contribution < 1.29 is 4.74 Å². The fourth-order valence-corrected chi connectivity index (χ4v) is 2.56. The molecule has 0 bridgehead atoms. The summed E-state index contributed by atoms with van der Waals surface area (Å²) in [5.41, 5.74) is 0. The summed E-state index contributed by atoms with van der Waals surface area (Å²) >= 11 is 0. The van der Waals surface area contributed by atoms with Crippen LogP contribution in [0.15, 0.2) is 0 Å². The van der Waals surface area contributed by atoms with E-state index in [1.54, 1.807) is 0 Å². The van der Waals surface area contributed by atoms with Gasteiger partial charge < -0.3 is 15.4 Å². The Morgan fingerprint density at radius 1 is 1.11 bits per heavy atom. The summed E-state index contributed by atoms with van der Waals surface area (Å²) in [7, 11) is 2.03. The molecule has 1 fully saturated rings. The Morgan fingerprint density at radius 3 is 2.61 bits per heavy atom. The molecule has 3 heteroatoms. The van der Waals surface area contributed by atoms with Crippen LogP contribution in [-0.4, -0.2) is 39.4 Å². The zero-order valence-electron chi connectivity index (χ0n) is 12.5. The molecular formula is C15H32N2O. The van der Waals surface area contributed by atoms with Crippen LogP contribution in [0.4, 0.5) is 0 Å². The highest BCUT2D eigenvalue weighted by Crippen LogP contribution is 2.12. The third-order valence-corrected chi connectivity index (χ3v) is 3.86. The maximum atomic E-state index is 5.49. The first-order chi connectivity index (χ1) is 8.74. The van der Waals surface area contributed by atoms with Crippen LogP contribution in [-0.2, 0) is 4.74 Å². The third kappa shape index (κ3) is 6.72. The van der Waals surface area contributed by atoms with Crippen molar-refractivity contribution in [3.05, 3.63) is 0 Å². The van der Waals surface area contributed by atoms with Crippen LogP contribution >= 0.6 is 0 Å². The van der Waals surface area contributed by atoms with Crippen molar-refractivity contribution >= 4 is 0 Å². The van der Waals surface area contributed by atoms with E-state index in [9.17, 15) is 0 Å². The molecular weight excluding hydrogens is 224 g/mol. The quantitative estimate of drug-likeness (QED) is 0.589. The second kappa shape index (κ2) is 9.76. The molecule has 18 heavy (non-hydrogen) atoms. The lowest BCUT2D eigenvalue weighted by molar-refractivity contribution is 0.182. The van der Waals surface area contributed by atoms with Gasteiger partial charge in [-0.05, 0) is 25.9 Å². The molecule has 2 N–H and O–H groups in total. The number of ether oxygens (including phenoxy) is 1. The van der Waals surface area contributed by atoms with E-state index >= 15 is 0 Å². The molecule has 2 unspecified atom stereocenters. The molecule has 0 spiro atoms. The molecule has 1 heterocycles. The number of nitrogens with one attached hydrogen (secondary N) is 2. The number of hydrogen-bond acceptors (Lipinski definition) is 3. The minimum atomic E-state index is 0.545. The Morgan fingerprint density at radius 2 is 1.89 bits per heavy atom. The summed E-state index contributed by atoms with van der Waals surface area (Å²) in [5, 5.41) is 6.90. The number of hydrogen-bond donors (Lipinski definition) is 2. The van der Waals surface area contributed by atoms with Gasteiger partial charge in [-0.2, -0.15) is 0 Å². The normalized spacial score (nSPS) is 24.0. The lowest BCUT2D eigenvalue weighted by Gasteiger charge is -2.17. The van der Waals surface area contributed by atoms with Gasteiger partial charge in [-0.15, -0.1) is 0 Å². The van der Waals surface area contributed by atoms with Gasteiger partial charge in [0.15, 0.2) is 0 Å². The van der Waals surface area contributed by atoms with E-state index in [0.717, 1.165) is 32.2 Å². The van der Waals surface area contributed by atoms with Crippen molar-refractivity contribution in [2.75, 3.05) is 33.4 Å². The molecule has 0 aliphatic carbocycles. The second-order valence-electron chi connectivity index (χ2n) is 5.99. The summed E-state index contributed by atoms with van der Waals surface area (Å²) in [6, 6.07) is 0.545. The van der Waals surface area contributed by atoms with Crippen molar-refractivity contribution in [1.29, 1.82) is 0 Å². The molecule has 3 nitrogen and oxygen atoms in total. The SMILES string of the molecule is CNC1COCC1CNCCCCCCC(C)C. The molecule has 0 aromatic rings. The highest BCUT2D eigenvalue weighted by Gasteiger charge is 2.25. The Hall–Kier alpha value is -0.120. The largest absolute Gasteiger partial charge is 0.379 e. The average Bonchev–Trinajstić information content (AvgIpc) is 2.79. The van der Waals surface area contributed by atoms with Crippen LogP contribution < -0.4 is 10.6 Å². The summed E-state index contributed by atoms with van der Waals surface area (Å²) in [6.45, 7) is 8.66. The topological polar surface area (TPSA) is 33.3 Å². The number of likely N-dealkylation sites (N-methyl/N-ethyl adjacent to an activating group) is 1. The second-order valence-corrected chi connectivity index (χ2v) is 5.99. The average molecular weight is 256 g/mol. The molecule has 0 aromatic carbocycles. The molecule has 0 amide bonds. The van der Waals surface area contributed by atoms with Gasteiger partial charge in [-0.25, -0.2) is 0 Å². The molecule has 108 valence electrons. The summed E-state index contributed by atoms with van der Waals surface area (Å²) in [5.74, 6) is 1.51. The fraction of sp³-hybridized carbons (Fsp3) is 1.00. The molecule has 1 aliphatic heterocycles. The predicted octanol–water partition coefficient (Wildman–Crippen LogP) is 2.42. The highest BCUT2D eigenvalue weighted by molar-refractivity contribution is 4.81. The van der Waals surface area contributed by atoms with Gasteiger partial charge in [-0.1, -0.05) is 39.5 Å². The van der Waals surface area contributed by atoms with Crippen molar-refractivity contribution in [2.24, 2.45) is 11.8 Å². The first-order valence-corrected chi connectivity index (χ1v) is 7.69. The van der Waals surface area contributed by atoms with E-state index in [1.807, 2.05) is 7.05 Å². The summed E-state index contributed by atoms with van der Waals surface area (Å²) < 4.78 is 5.49. The van der Waals surface area contributed by atoms with Gasteiger partial charge in [-0.3, -0.25) is 0 Å². The zero-order chi connectivity index (χ0) is 13.2. The molecule has 0 aromatic heterocycles. The van der Waals surface area contributed by atoms with E-state index in [-0.39, 0.29) is 0 Å². The molecule has 1 saturated heterocycles. The van der Waals surface area contributed by atoms with Crippen molar-refractivity contribution in [1.82, 2.24) is 10.6 Å². The van der Waals surface area contributed by atoms with Crippen LogP contribution in [0.5, 0.6) is 0 Å². The van der Waals surface area contributed by atoms with Crippen LogP contribution in [0.25, 0.3) is 0 Å². The first kappa shape index (κ1) is 15.9. The van der Waals surface area contributed by atoms with Gasteiger partial charge in [0, 0.05) is 18.5 Å². The Bertz CT molecular complexity index is 197. The van der Waals surface area contributed by atoms with Crippen LogP contribution in [0.2, 0.25) is 0 Å². The Kier molecular flexibility index (Phi) is 8.64. The molecule has 1 aliphatic rings. The third-order valence-electron chi connectivity index (χ3n) is 3.86. The summed E-state index contributed by atoms with van der Waals surface area (Å²) in [6.07, 6.45) is 6.87. The van der Waals surface area contributed by atoms with Crippen molar-refractivity contribution in [3.63, 3.8) is 0 Å². The highest BCUT2D eigenvalue weighted by atomic mass is 16.5. The van der Waals surface area contributed by atoms with Crippen molar-refractivity contribution in [3.8, 4) is 0 Å². The Balaban J connectivity index is 1.86. The van der Waals surface area contributed by atoms with Gasteiger partial charge in [0.05, 0.1) is 13.2 Å². The number of unbranched alkanes of at least 4 members (excludes halogenated alkanes) is 3. The molecule has 1 rings (SSSR count). The van der Waals surface area contributed by atoms with E-state index in [4.69, 9.17) is 4.74 Å². The number of rotatable bonds is 10. The smallest absolute Gasteiger partial charge is 0.0623 e. The maximum absolute atomic E-state index is 5.49. The van der Waals surface area contributed by atoms with Gasteiger partial charge in [0.1, 0.15) is 0 Å². The van der Waals surface area contributed by atoms with Crippen LogP contribution in [0.1, 0.15) is 46.0 Å². The molecule has 0 radical (unpaired) electrons. The standard InChI is InChI=1S/C15H32N2O/c1-13(2)8-6-4-5-7-9-17-10-14-11-18-12-15(14)16-3/h13-17H,4-12H2,1-3H3. The minimum Gasteiger partial charge on any atom is -0.379 e. The summed E-state index contributed by atoms with van der Waals surface area (Å²) in [4.78, 5) is 0. The van der Waals surface area contributed by atoms with Crippen LogP contribution in [0, 0.1) is 11.8 Å². The van der Waals surface area contributed by atoms with Gasteiger partial charge in [0.25, 0.3) is 0 Å².